The first-order chi connectivity index (χ1) is 8.58. The standard InChI is InChI=1S/C13H16N2O3/c1-8-6-9(2)15-12(8)13(17)14-7-10(16)11-4-3-5-18-11/h3-6,10,15-16H,7H2,1-2H3,(H,14,17). The fourth-order valence-electron chi connectivity index (χ4n) is 1.82. The van der Waals surface area contributed by atoms with Crippen molar-refractivity contribution in [1.82, 2.24) is 10.3 Å². The summed E-state index contributed by atoms with van der Waals surface area (Å²) in [6, 6.07) is 5.26. The molecule has 0 aliphatic heterocycles. The lowest BCUT2D eigenvalue weighted by Gasteiger charge is -2.09. The molecule has 3 N–H and O–H groups in total. The van der Waals surface area contributed by atoms with Gasteiger partial charge in [0.2, 0.25) is 0 Å². The molecule has 0 radical (unpaired) electrons. The molecule has 0 bridgehead atoms. The van der Waals surface area contributed by atoms with Gasteiger partial charge < -0.3 is 19.8 Å². The molecule has 2 aromatic heterocycles. The summed E-state index contributed by atoms with van der Waals surface area (Å²) in [7, 11) is 0. The quantitative estimate of drug-likeness (QED) is 0.770. The van der Waals surface area contributed by atoms with Crippen LogP contribution in [0, 0.1) is 13.8 Å². The van der Waals surface area contributed by atoms with Crippen LogP contribution in [0.1, 0.15) is 33.6 Å². The number of hydrogen-bond donors (Lipinski definition) is 3. The Balaban J connectivity index is 1.94. The molecule has 2 heterocycles. The molecule has 0 aromatic carbocycles. The number of aryl methyl sites for hydroxylation is 2. The van der Waals surface area contributed by atoms with Crippen molar-refractivity contribution in [3.8, 4) is 0 Å². The minimum Gasteiger partial charge on any atom is -0.467 e. The summed E-state index contributed by atoms with van der Waals surface area (Å²) in [4.78, 5) is 14.9. The van der Waals surface area contributed by atoms with Gasteiger partial charge in [0.05, 0.1) is 12.8 Å². The highest BCUT2D eigenvalue weighted by atomic mass is 16.4. The van der Waals surface area contributed by atoms with E-state index in [9.17, 15) is 9.90 Å². The normalized spacial score (nSPS) is 12.4. The highest BCUT2D eigenvalue weighted by Crippen LogP contribution is 2.13. The average molecular weight is 248 g/mol. The first kappa shape index (κ1) is 12.4. The van der Waals surface area contributed by atoms with Gasteiger partial charge in [-0.3, -0.25) is 4.79 Å². The summed E-state index contributed by atoms with van der Waals surface area (Å²) in [6.07, 6.45) is 0.652. The van der Waals surface area contributed by atoms with Gasteiger partial charge in [-0.05, 0) is 37.6 Å². The van der Waals surface area contributed by atoms with Gasteiger partial charge in [-0.25, -0.2) is 0 Å². The Kier molecular flexibility index (Phi) is 3.53. The molecule has 2 aromatic rings. The molecule has 0 saturated heterocycles. The summed E-state index contributed by atoms with van der Waals surface area (Å²) in [6.45, 7) is 3.87. The summed E-state index contributed by atoms with van der Waals surface area (Å²) in [5, 5.41) is 12.4. The van der Waals surface area contributed by atoms with Gasteiger partial charge in [0.1, 0.15) is 17.6 Å². The van der Waals surface area contributed by atoms with Crippen molar-refractivity contribution in [2.24, 2.45) is 0 Å². The van der Waals surface area contributed by atoms with Crippen LogP contribution < -0.4 is 5.32 Å². The number of nitrogens with one attached hydrogen (secondary N) is 2. The largest absolute Gasteiger partial charge is 0.467 e. The Morgan fingerprint density at radius 3 is 2.89 bits per heavy atom. The topological polar surface area (TPSA) is 78.3 Å². The van der Waals surface area contributed by atoms with E-state index in [4.69, 9.17) is 4.42 Å². The van der Waals surface area contributed by atoms with Crippen LogP contribution in [-0.2, 0) is 0 Å². The van der Waals surface area contributed by atoms with E-state index in [1.54, 1.807) is 12.1 Å². The number of H-pyrrole nitrogens is 1. The zero-order chi connectivity index (χ0) is 13.1. The highest BCUT2D eigenvalue weighted by Gasteiger charge is 2.15. The van der Waals surface area contributed by atoms with Crippen LogP contribution in [0.3, 0.4) is 0 Å². The molecule has 0 fully saturated rings. The maximum absolute atomic E-state index is 11.9. The third-order valence-corrected chi connectivity index (χ3v) is 2.70. The Labute approximate surface area is 105 Å². The summed E-state index contributed by atoms with van der Waals surface area (Å²) >= 11 is 0. The number of hydrogen-bond acceptors (Lipinski definition) is 3. The van der Waals surface area contributed by atoms with E-state index < -0.39 is 6.10 Å². The predicted molar refractivity (Wildman–Crippen MR) is 66.3 cm³/mol. The van der Waals surface area contributed by atoms with Crippen molar-refractivity contribution in [2.75, 3.05) is 6.54 Å². The van der Waals surface area contributed by atoms with Gasteiger partial charge in [0.25, 0.3) is 5.91 Å². The molecule has 2 rings (SSSR count). The Bertz CT molecular complexity index is 528. The van der Waals surface area contributed by atoms with Gasteiger partial charge in [-0.15, -0.1) is 0 Å². The molecule has 0 aliphatic rings. The summed E-state index contributed by atoms with van der Waals surface area (Å²) in [5.74, 6) is 0.209. The van der Waals surface area contributed by atoms with Crippen molar-refractivity contribution in [3.63, 3.8) is 0 Å². The van der Waals surface area contributed by atoms with E-state index in [1.807, 2.05) is 19.9 Å². The molecular weight excluding hydrogens is 232 g/mol. The van der Waals surface area contributed by atoms with E-state index in [0.717, 1.165) is 11.3 Å². The third-order valence-electron chi connectivity index (χ3n) is 2.70. The number of furan rings is 1. The van der Waals surface area contributed by atoms with Gasteiger partial charge in [-0.1, -0.05) is 0 Å². The maximum Gasteiger partial charge on any atom is 0.268 e. The number of carbonyl (C=O) groups excluding carboxylic acids is 1. The minimum absolute atomic E-state index is 0.115. The number of aliphatic hydroxyl groups is 1. The molecule has 1 amide bonds. The van der Waals surface area contributed by atoms with Gasteiger partial charge in [0, 0.05) is 5.69 Å². The molecule has 5 heteroatoms. The number of aliphatic hydroxyl groups excluding tert-OH is 1. The van der Waals surface area contributed by atoms with Crippen LogP contribution >= 0.6 is 0 Å². The van der Waals surface area contributed by atoms with Crippen molar-refractivity contribution >= 4 is 5.91 Å². The minimum atomic E-state index is -0.833. The summed E-state index contributed by atoms with van der Waals surface area (Å²) < 4.78 is 5.05. The van der Waals surface area contributed by atoms with E-state index in [1.165, 1.54) is 6.26 Å². The second-order valence-electron chi connectivity index (χ2n) is 4.25. The lowest BCUT2D eigenvalue weighted by Crippen LogP contribution is -2.29. The molecular formula is C13H16N2O3. The third kappa shape index (κ3) is 2.62. The van der Waals surface area contributed by atoms with Crippen molar-refractivity contribution in [1.29, 1.82) is 0 Å². The SMILES string of the molecule is Cc1cc(C)c(C(=O)NCC(O)c2ccco2)[nH]1. The monoisotopic (exact) mass is 248 g/mol. The molecule has 0 spiro atoms. The number of aromatic nitrogens is 1. The number of carbonyl (C=O) groups is 1. The van der Waals surface area contributed by atoms with Crippen molar-refractivity contribution < 1.29 is 14.3 Å². The van der Waals surface area contributed by atoms with Crippen LogP contribution in [0.2, 0.25) is 0 Å². The first-order valence-electron chi connectivity index (χ1n) is 5.74. The van der Waals surface area contributed by atoms with E-state index >= 15 is 0 Å². The summed E-state index contributed by atoms with van der Waals surface area (Å²) in [5.41, 5.74) is 2.35. The number of rotatable bonds is 4. The molecule has 0 saturated carbocycles. The smallest absolute Gasteiger partial charge is 0.268 e. The van der Waals surface area contributed by atoms with Crippen LogP contribution in [0.4, 0.5) is 0 Å². The Hall–Kier alpha value is -2.01. The predicted octanol–water partition coefficient (Wildman–Crippen LogP) is 1.69. The second-order valence-corrected chi connectivity index (χ2v) is 4.25. The zero-order valence-corrected chi connectivity index (χ0v) is 10.4. The first-order valence-corrected chi connectivity index (χ1v) is 5.74. The molecule has 5 nitrogen and oxygen atoms in total. The maximum atomic E-state index is 11.9. The molecule has 1 atom stereocenters. The van der Waals surface area contributed by atoms with E-state index in [2.05, 4.69) is 10.3 Å². The van der Waals surface area contributed by atoms with Crippen LogP contribution in [0.15, 0.2) is 28.9 Å². The van der Waals surface area contributed by atoms with Crippen molar-refractivity contribution in [3.05, 3.63) is 47.2 Å². The van der Waals surface area contributed by atoms with E-state index in [0.29, 0.717) is 11.5 Å². The fourth-order valence-corrected chi connectivity index (χ4v) is 1.82. The molecule has 96 valence electrons. The lowest BCUT2D eigenvalue weighted by atomic mass is 10.2. The second kappa shape index (κ2) is 5.10. The van der Waals surface area contributed by atoms with E-state index in [-0.39, 0.29) is 12.5 Å². The van der Waals surface area contributed by atoms with Gasteiger partial charge in [0.15, 0.2) is 0 Å². The number of amides is 1. The fraction of sp³-hybridized carbons (Fsp3) is 0.308. The van der Waals surface area contributed by atoms with Gasteiger partial charge >= 0.3 is 0 Å². The van der Waals surface area contributed by atoms with Crippen LogP contribution in [0.25, 0.3) is 0 Å². The number of aromatic amines is 1. The molecule has 0 aliphatic carbocycles. The molecule has 18 heavy (non-hydrogen) atoms. The average Bonchev–Trinajstić information content (AvgIpc) is 2.95. The molecule has 1 unspecified atom stereocenters. The highest BCUT2D eigenvalue weighted by molar-refractivity contribution is 5.94. The van der Waals surface area contributed by atoms with Crippen LogP contribution in [0.5, 0.6) is 0 Å². The lowest BCUT2D eigenvalue weighted by molar-refractivity contribution is 0.0896. The Morgan fingerprint density at radius 2 is 2.33 bits per heavy atom. The zero-order valence-electron chi connectivity index (χ0n) is 10.4. The van der Waals surface area contributed by atoms with Crippen molar-refractivity contribution in [2.45, 2.75) is 20.0 Å². The van der Waals surface area contributed by atoms with Gasteiger partial charge in [-0.2, -0.15) is 0 Å². The van der Waals surface area contributed by atoms with Crippen LogP contribution in [-0.4, -0.2) is 22.5 Å². The Morgan fingerprint density at radius 1 is 1.56 bits per heavy atom.